The summed E-state index contributed by atoms with van der Waals surface area (Å²) in [5.74, 6) is 1.54. The molecule has 0 heterocycles. The predicted octanol–water partition coefficient (Wildman–Crippen LogP) is 3.92. The van der Waals surface area contributed by atoms with E-state index in [1.54, 1.807) is 14.2 Å². The van der Waals surface area contributed by atoms with E-state index in [1.807, 2.05) is 30.3 Å². The molecule has 0 saturated heterocycles. The van der Waals surface area contributed by atoms with E-state index in [0.29, 0.717) is 24.8 Å². The third kappa shape index (κ3) is 5.21. The van der Waals surface area contributed by atoms with Gasteiger partial charge in [-0.3, -0.25) is 4.57 Å². The van der Waals surface area contributed by atoms with Crippen LogP contribution in [0.5, 0.6) is 11.5 Å². The quantitative estimate of drug-likeness (QED) is 0.393. The third-order valence-corrected chi connectivity index (χ3v) is 6.20. The molecule has 0 bridgehead atoms. The van der Waals surface area contributed by atoms with Gasteiger partial charge in [-0.15, -0.1) is 0 Å². The Morgan fingerprint density at radius 1 is 1.27 bits per heavy atom. The summed E-state index contributed by atoms with van der Waals surface area (Å²) >= 11 is 6.90. The van der Waals surface area contributed by atoms with Crippen molar-refractivity contribution in [2.75, 3.05) is 32.6 Å². The molecule has 0 aromatic heterocycles. The first-order valence-electron chi connectivity index (χ1n) is 8.01. The molecule has 2 unspecified atom stereocenters. The average molecular weight is 510 g/mol. The molecule has 0 saturated carbocycles. The lowest BCUT2D eigenvalue weighted by Gasteiger charge is -2.26. The molecule has 0 aliphatic heterocycles. The summed E-state index contributed by atoms with van der Waals surface area (Å²) in [6, 6.07) is 9.83. The number of nitrogens with two attached hydrogens (primary N) is 1. The Bertz CT molecular complexity index is 800. The fourth-order valence-corrected chi connectivity index (χ4v) is 5.35. The molecule has 2 aromatic carbocycles. The zero-order chi connectivity index (χ0) is 19.3. The van der Waals surface area contributed by atoms with E-state index >= 15 is 0 Å². The van der Waals surface area contributed by atoms with Crippen LogP contribution in [0.15, 0.2) is 30.3 Å². The van der Waals surface area contributed by atoms with E-state index in [2.05, 4.69) is 31.9 Å². The Morgan fingerprint density at radius 2 is 1.92 bits per heavy atom. The van der Waals surface area contributed by atoms with E-state index < -0.39 is 7.67 Å². The van der Waals surface area contributed by atoms with Gasteiger partial charge in [0, 0.05) is 34.0 Å². The summed E-state index contributed by atoms with van der Waals surface area (Å²) in [4.78, 5) is 9.63. The van der Waals surface area contributed by atoms with Crippen molar-refractivity contribution in [2.24, 2.45) is 5.50 Å². The van der Waals surface area contributed by atoms with Crippen LogP contribution in [0, 0.1) is 0 Å². The van der Waals surface area contributed by atoms with Gasteiger partial charge in [0.05, 0.1) is 14.2 Å². The summed E-state index contributed by atoms with van der Waals surface area (Å²) in [7, 11) is -0.531. The van der Waals surface area contributed by atoms with Gasteiger partial charge < -0.3 is 14.4 Å². The fraction of sp³-hybridized carbons (Fsp3) is 0.412. The molecule has 2 rings (SSSR count). The molecular formula is C17H23Br2N2O4P. The summed E-state index contributed by atoms with van der Waals surface area (Å²) in [6.45, 7) is 0.707. The standard InChI is InChI=1S/C17H23Br2N2O4P/c1-24-16-10-12(17(25-2)15-6-4-3-5-14(15)16)9-13(19)11-21(8-7-18)26(20,22)23/h3-6,10,13H,7-9,11H2,1-2H3,(H3,20,22,23). The molecule has 9 heteroatoms. The highest BCUT2D eigenvalue weighted by Crippen LogP contribution is 2.39. The number of rotatable bonds is 9. The SMILES string of the molecule is COc1cc(CC(Br)CN(CCBr)P(N)(=O)O)c(OC)c2ccccc12. The van der Waals surface area contributed by atoms with E-state index in [1.165, 1.54) is 4.67 Å². The molecule has 3 N–H and O–H groups in total. The number of alkyl halides is 2. The van der Waals surface area contributed by atoms with Crippen molar-refractivity contribution in [3.63, 3.8) is 0 Å². The molecule has 0 amide bonds. The van der Waals surface area contributed by atoms with Crippen LogP contribution in [-0.2, 0) is 11.0 Å². The fourth-order valence-electron chi connectivity index (χ4n) is 2.91. The monoisotopic (exact) mass is 508 g/mol. The maximum absolute atomic E-state index is 11.9. The average Bonchev–Trinajstić information content (AvgIpc) is 2.59. The maximum Gasteiger partial charge on any atom is 0.338 e. The third-order valence-electron chi connectivity index (χ3n) is 4.06. The van der Waals surface area contributed by atoms with Crippen molar-refractivity contribution in [1.82, 2.24) is 4.67 Å². The normalized spacial score (nSPS) is 15.0. The van der Waals surface area contributed by atoms with Gasteiger partial charge in [-0.25, -0.2) is 10.2 Å². The van der Waals surface area contributed by atoms with Crippen LogP contribution in [0.1, 0.15) is 5.56 Å². The van der Waals surface area contributed by atoms with Gasteiger partial charge in [-0.2, -0.15) is 0 Å². The van der Waals surface area contributed by atoms with Crippen molar-refractivity contribution in [3.05, 3.63) is 35.9 Å². The second-order valence-electron chi connectivity index (χ2n) is 5.81. The zero-order valence-corrected chi connectivity index (χ0v) is 18.8. The number of hydrogen-bond acceptors (Lipinski definition) is 3. The van der Waals surface area contributed by atoms with Crippen LogP contribution in [0.3, 0.4) is 0 Å². The van der Waals surface area contributed by atoms with Crippen molar-refractivity contribution < 1.29 is 18.9 Å². The smallest absolute Gasteiger partial charge is 0.338 e. The Kier molecular flexibility index (Phi) is 7.94. The lowest BCUT2D eigenvalue weighted by Crippen LogP contribution is -2.32. The van der Waals surface area contributed by atoms with Crippen LogP contribution in [0.2, 0.25) is 0 Å². The number of benzene rings is 2. The Hall–Kier alpha value is -0.630. The minimum atomic E-state index is -3.81. The van der Waals surface area contributed by atoms with Gasteiger partial charge in [0.1, 0.15) is 11.5 Å². The van der Waals surface area contributed by atoms with Crippen LogP contribution >= 0.6 is 39.5 Å². The van der Waals surface area contributed by atoms with Crippen LogP contribution < -0.4 is 15.0 Å². The molecule has 0 aliphatic rings. The Labute approximate surface area is 170 Å². The Balaban J connectivity index is 2.33. The second-order valence-corrected chi connectivity index (χ2v) is 9.64. The topological polar surface area (TPSA) is 85.0 Å². The first kappa shape index (κ1) is 21.7. The van der Waals surface area contributed by atoms with Crippen molar-refractivity contribution >= 4 is 50.3 Å². The lowest BCUT2D eigenvalue weighted by atomic mass is 10.0. The summed E-state index contributed by atoms with van der Waals surface area (Å²) in [6.07, 6.45) is 0.586. The molecule has 0 radical (unpaired) electrons. The first-order chi connectivity index (χ1) is 12.3. The van der Waals surface area contributed by atoms with Gasteiger partial charge in [-0.05, 0) is 18.1 Å². The van der Waals surface area contributed by atoms with E-state index in [9.17, 15) is 9.46 Å². The molecule has 26 heavy (non-hydrogen) atoms. The van der Waals surface area contributed by atoms with E-state index in [4.69, 9.17) is 15.0 Å². The van der Waals surface area contributed by atoms with Gasteiger partial charge in [0.2, 0.25) is 0 Å². The molecule has 2 aromatic rings. The highest BCUT2D eigenvalue weighted by Gasteiger charge is 2.26. The van der Waals surface area contributed by atoms with Gasteiger partial charge in [0.25, 0.3) is 0 Å². The van der Waals surface area contributed by atoms with Crippen molar-refractivity contribution in [3.8, 4) is 11.5 Å². The van der Waals surface area contributed by atoms with Gasteiger partial charge >= 0.3 is 7.67 Å². The number of halogens is 2. The highest BCUT2D eigenvalue weighted by molar-refractivity contribution is 9.09. The lowest BCUT2D eigenvalue weighted by molar-refractivity contribution is 0.356. The number of methoxy groups -OCH3 is 2. The minimum absolute atomic E-state index is 0.0923. The van der Waals surface area contributed by atoms with Crippen LogP contribution in [0.25, 0.3) is 10.8 Å². The van der Waals surface area contributed by atoms with Crippen LogP contribution in [-0.4, -0.2) is 47.0 Å². The number of nitrogens with zero attached hydrogens (tertiary/aromatic N) is 1. The molecule has 0 aliphatic carbocycles. The number of hydrogen-bond donors (Lipinski definition) is 2. The van der Waals surface area contributed by atoms with Crippen molar-refractivity contribution in [2.45, 2.75) is 11.2 Å². The van der Waals surface area contributed by atoms with Gasteiger partial charge in [0.15, 0.2) is 0 Å². The van der Waals surface area contributed by atoms with E-state index in [0.717, 1.165) is 27.8 Å². The van der Waals surface area contributed by atoms with Gasteiger partial charge in [-0.1, -0.05) is 56.1 Å². The number of fused-ring (bicyclic) bond motifs is 1. The summed E-state index contributed by atoms with van der Waals surface area (Å²) in [5, 5.41) is 2.50. The number of ether oxygens (including phenoxy) is 2. The predicted molar refractivity (Wildman–Crippen MR) is 113 cm³/mol. The highest BCUT2D eigenvalue weighted by atomic mass is 79.9. The molecular weight excluding hydrogens is 487 g/mol. The molecule has 0 spiro atoms. The minimum Gasteiger partial charge on any atom is -0.496 e. The van der Waals surface area contributed by atoms with Crippen LogP contribution in [0.4, 0.5) is 0 Å². The zero-order valence-electron chi connectivity index (χ0n) is 14.7. The molecule has 0 fully saturated rings. The maximum atomic E-state index is 11.9. The summed E-state index contributed by atoms with van der Waals surface area (Å²) in [5.41, 5.74) is 6.39. The van der Waals surface area contributed by atoms with Crippen molar-refractivity contribution in [1.29, 1.82) is 0 Å². The first-order valence-corrected chi connectivity index (χ1v) is 11.7. The molecule has 2 atom stereocenters. The van der Waals surface area contributed by atoms with E-state index in [-0.39, 0.29) is 4.83 Å². The Morgan fingerprint density at radius 3 is 2.46 bits per heavy atom. The largest absolute Gasteiger partial charge is 0.496 e. The second kappa shape index (κ2) is 9.53. The molecule has 144 valence electrons. The molecule has 6 nitrogen and oxygen atoms in total. The summed E-state index contributed by atoms with van der Waals surface area (Å²) < 4.78 is 24.4.